The van der Waals surface area contributed by atoms with Crippen molar-refractivity contribution in [3.63, 3.8) is 0 Å². The molecule has 0 fully saturated rings. The number of para-hydroxylation sites is 1. The second-order valence-electron chi connectivity index (χ2n) is 11.8. The van der Waals surface area contributed by atoms with Crippen LogP contribution in [0.3, 0.4) is 0 Å². The van der Waals surface area contributed by atoms with Gasteiger partial charge < -0.3 is 19.2 Å². The van der Waals surface area contributed by atoms with E-state index in [2.05, 4.69) is 66.9 Å². The van der Waals surface area contributed by atoms with E-state index in [0.717, 1.165) is 0 Å². The van der Waals surface area contributed by atoms with Crippen molar-refractivity contribution in [3.05, 3.63) is 65.7 Å². The van der Waals surface area contributed by atoms with E-state index < -0.39 is 20.3 Å². The van der Waals surface area contributed by atoms with E-state index in [9.17, 15) is 4.79 Å². The summed E-state index contributed by atoms with van der Waals surface area (Å²) in [5.41, 5.74) is 2.76. The number of nitrogens with zero attached hydrogens (tertiary/aromatic N) is 6. The molecule has 45 heavy (non-hydrogen) atoms. The van der Waals surface area contributed by atoms with Crippen LogP contribution in [0.2, 0.25) is 21.6 Å². The molecule has 1 N–H and O–H groups in total. The van der Waals surface area contributed by atoms with Crippen molar-refractivity contribution in [1.29, 1.82) is 5.26 Å². The number of halogens is 1. The number of carbonyl (C=O) groups excluding carboxylic acids is 1. The maximum atomic E-state index is 13.5. The zero-order chi connectivity index (χ0) is 32.7. The van der Waals surface area contributed by atoms with Crippen molar-refractivity contribution in [2.24, 2.45) is 0 Å². The number of rotatable bonds is 14. The Kier molecular flexibility index (Phi) is 11.3. The van der Waals surface area contributed by atoms with Gasteiger partial charge in [0.15, 0.2) is 14.0 Å². The number of benzene rings is 1. The molecule has 0 saturated carbocycles. The zero-order valence-electron chi connectivity index (χ0n) is 26.7. The fourth-order valence-electron chi connectivity index (χ4n) is 5.82. The maximum Gasteiger partial charge on any atom is 0.269 e. The first kappa shape index (κ1) is 34.0. The Balaban J connectivity index is 1.57. The van der Waals surface area contributed by atoms with E-state index in [1.807, 2.05) is 31.2 Å². The molecule has 0 bridgehead atoms. The molecule has 11 nitrogen and oxygen atoms in total. The first-order valence-corrected chi connectivity index (χ1v) is 17.5. The number of amides is 1. The number of fused-ring (bicyclic) bond motifs is 1. The monoisotopic (exact) mass is 649 g/mol. The van der Waals surface area contributed by atoms with Crippen LogP contribution in [-0.4, -0.2) is 64.4 Å². The third kappa shape index (κ3) is 7.68. The third-order valence-corrected chi connectivity index (χ3v) is 14.3. The molecule has 0 unspecified atom stereocenters. The molecule has 0 saturated heterocycles. The molecule has 3 aromatic heterocycles. The highest BCUT2D eigenvalue weighted by Gasteiger charge is 2.45. The minimum absolute atomic E-state index is 0.0869. The molecular formula is C32H40ClN7O4Si. The summed E-state index contributed by atoms with van der Waals surface area (Å²) in [6.45, 7) is 15.6. The molecule has 3 heterocycles. The summed E-state index contributed by atoms with van der Waals surface area (Å²) in [7, 11) is -2.11. The van der Waals surface area contributed by atoms with Crippen LogP contribution >= 0.6 is 11.6 Å². The molecule has 4 aromatic rings. The first-order valence-electron chi connectivity index (χ1n) is 15.0. The van der Waals surface area contributed by atoms with Gasteiger partial charge in [0.2, 0.25) is 12.0 Å². The minimum atomic E-state index is -2.11. The van der Waals surface area contributed by atoms with Crippen LogP contribution < -0.4 is 10.1 Å². The van der Waals surface area contributed by atoms with E-state index in [1.54, 1.807) is 29.1 Å². The number of hydrogen-bond donors (Lipinski definition) is 1. The van der Waals surface area contributed by atoms with Crippen molar-refractivity contribution in [2.75, 3.05) is 18.5 Å². The van der Waals surface area contributed by atoms with Crippen molar-refractivity contribution in [1.82, 2.24) is 24.7 Å². The summed E-state index contributed by atoms with van der Waals surface area (Å²) in [5.74, 6) is -0.0737. The van der Waals surface area contributed by atoms with Crippen molar-refractivity contribution in [2.45, 2.75) is 77.3 Å². The van der Waals surface area contributed by atoms with Crippen LogP contribution in [0.15, 0.2) is 55.1 Å². The summed E-state index contributed by atoms with van der Waals surface area (Å²) >= 11 is 6.42. The molecule has 0 aliphatic carbocycles. The lowest BCUT2D eigenvalue weighted by molar-refractivity contribution is -0.127. The number of nitrogens with one attached hydrogen (secondary N) is 1. The van der Waals surface area contributed by atoms with E-state index in [1.165, 1.54) is 12.5 Å². The zero-order valence-corrected chi connectivity index (χ0v) is 28.4. The fraction of sp³-hybridized carbons (Fsp3) is 0.438. The van der Waals surface area contributed by atoms with E-state index in [4.69, 9.17) is 30.8 Å². The van der Waals surface area contributed by atoms with E-state index in [0.29, 0.717) is 50.5 Å². The van der Waals surface area contributed by atoms with Crippen LogP contribution in [0.25, 0.3) is 16.7 Å². The Labute approximate surface area is 270 Å². The van der Waals surface area contributed by atoms with Crippen molar-refractivity contribution >= 4 is 42.7 Å². The minimum Gasteiger partial charge on any atom is -0.461 e. The Bertz CT molecular complexity index is 1620. The molecule has 13 heteroatoms. The van der Waals surface area contributed by atoms with Gasteiger partial charge >= 0.3 is 0 Å². The highest BCUT2D eigenvalue weighted by atomic mass is 35.5. The molecule has 238 valence electrons. The number of hydrogen-bond acceptors (Lipinski definition) is 9. The largest absolute Gasteiger partial charge is 0.461 e. The quantitative estimate of drug-likeness (QED) is 0.148. The van der Waals surface area contributed by atoms with Crippen molar-refractivity contribution in [3.8, 4) is 17.6 Å². The third-order valence-electron chi connectivity index (χ3n) is 7.91. The van der Waals surface area contributed by atoms with Crippen LogP contribution in [-0.2, 0) is 14.0 Å². The summed E-state index contributed by atoms with van der Waals surface area (Å²) in [5, 5.41) is 17.3. The standard InChI is InChI=1S/C32H40ClN7O4Si/c1-20(2)45(21(3)4,22(5)6)43-17-23(7)42-18-28(31(41)39-29-13-12-24(14-34)15-35-29)44-32-25-16-38-40(30(25)36-19-37-32)27-11-9-8-10-26(27)33/h8-13,15-16,19-23,28H,17-18H2,1-7H3,(H,35,39,41)/t23-,28+/m1/s1. The van der Waals surface area contributed by atoms with Gasteiger partial charge in [-0.15, -0.1) is 0 Å². The van der Waals surface area contributed by atoms with Gasteiger partial charge in [-0.2, -0.15) is 10.4 Å². The van der Waals surface area contributed by atoms with Crippen LogP contribution in [0, 0.1) is 11.3 Å². The SMILES string of the molecule is CC(C)[Si](OC[C@@H](C)OC[C@H](Oc1ncnc2c1cnn2-c1ccccc1Cl)C(=O)Nc1ccc(C#N)cn1)(C(C)C)C(C)C. The van der Waals surface area contributed by atoms with Crippen LogP contribution in [0.5, 0.6) is 5.88 Å². The Hall–Kier alpha value is -3.89. The second-order valence-corrected chi connectivity index (χ2v) is 17.7. The van der Waals surface area contributed by atoms with E-state index in [-0.39, 0.29) is 24.4 Å². The lowest BCUT2D eigenvalue weighted by atomic mass is 10.3. The predicted octanol–water partition coefficient (Wildman–Crippen LogP) is 6.72. The summed E-state index contributed by atoms with van der Waals surface area (Å²) in [4.78, 5) is 26.4. The first-order chi connectivity index (χ1) is 21.5. The number of pyridine rings is 1. The maximum absolute atomic E-state index is 13.5. The normalized spacial score (nSPS) is 13.3. The van der Waals surface area contributed by atoms with Gasteiger partial charge in [-0.05, 0) is 47.8 Å². The van der Waals surface area contributed by atoms with Gasteiger partial charge in [0.1, 0.15) is 23.6 Å². The average Bonchev–Trinajstić information content (AvgIpc) is 3.44. The smallest absolute Gasteiger partial charge is 0.269 e. The predicted molar refractivity (Wildman–Crippen MR) is 176 cm³/mol. The highest BCUT2D eigenvalue weighted by Crippen LogP contribution is 2.42. The van der Waals surface area contributed by atoms with Crippen LogP contribution in [0.4, 0.5) is 5.82 Å². The molecule has 0 aliphatic rings. The highest BCUT2D eigenvalue weighted by molar-refractivity contribution is 6.77. The average molecular weight is 650 g/mol. The van der Waals surface area contributed by atoms with Crippen molar-refractivity contribution < 1.29 is 18.7 Å². The van der Waals surface area contributed by atoms with Gasteiger partial charge in [0.05, 0.1) is 41.8 Å². The number of nitriles is 1. The molecule has 0 radical (unpaired) electrons. The Morgan fingerprint density at radius 3 is 2.31 bits per heavy atom. The van der Waals surface area contributed by atoms with Gasteiger partial charge in [-0.3, -0.25) is 4.79 Å². The lowest BCUT2D eigenvalue weighted by Gasteiger charge is -2.42. The number of aromatic nitrogens is 5. The Morgan fingerprint density at radius 1 is 0.978 bits per heavy atom. The summed E-state index contributed by atoms with van der Waals surface area (Å²) in [6, 6.07) is 12.4. The molecule has 0 spiro atoms. The van der Waals surface area contributed by atoms with Gasteiger partial charge in [-0.25, -0.2) is 19.6 Å². The van der Waals surface area contributed by atoms with Gasteiger partial charge in [-0.1, -0.05) is 65.3 Å². The second kappa shape index (κ2) is 14.9. The summed E-state index contributed by atoms with van der Waals surface area (Å²) in [6.07, 6.45) is 2.86. The summed E-state index contributed by atoms with van der Waals surface area (Å²) < 4.78 is 20.7. The number of anilines is 1. The molecule has 1 amide bonds. The molecular weight excluding hydrogens is 610 g/mol. The Morgan fingerprint density at radius 2 is 1.69 bits per heavy atom. The molecule has 1 aromatic carbocycles. The number of ether oxygens (including phenoxy) is 2. The van der Waals surface area contributed by atoms with Gasteiger partial charge in [0.25, 0.3) is 5.91 Å². The lowest BCUT2D eigenvalue weighted by Crippen LogP contribution is -2.49. The number of carbonyl (C=O) groups is 1. The molecule has 2 atom stereocenters. The van der Waals surface area contributed by atoms with Crippen LogP contribution in [0.1, 0.15) is 54.0 Å². The fourth-order valence-corrected chi connectivity index (χ4v) is 11.6. The topological polar surface area (TPSA) is 137 Å². The van der Waals surface area contributed by atoms with Gasteiger partial charge in [0, 0.05) is 6.20 Å². The molecule has 0 aliphatic heterocycles. The molecule has 4 rings (SSSR count). The van der Waals surface area contributed by atoms with E-state index >= 15 is 0 Å².